The number of hydrogen-bond acceptors (Lipinski definition) is 4. The van der Waals surface area contributed by atoms with Gasteiger partial charge in [-0.3, -0.25) is 9.59 Å². The summed E-state index contributed by atoms with van der Waals surface area (Å²) in [7, 11) is 1.50. The molecule has 0 aliphatic carbocycles. The third-order valence-electron chi connectivity index (χ3n) is 3.85. The van der Waals surface area contributed by atoms with E-state index in [1.54, 1.807) is 22.2 Å². The summed E-state index contributed by atoms with van der Waals surface area (Å²) in [5.74, 6) is -0.0520. The van der Waals surface area contributed by atoms with Crippen LogP contribution in [0.4, 0.5) is 0 Å². The summed E-state index contributed by atoms with van der Waals surface area (Å²) < 4.78 is 4.85. The van der Waals surface area contributed by atoms with E-state index in [1.165, 1.54) is 7.11 Å². The van der Waals surface area contributed by atoms with Gasteiger partial charge in [-0.2, -0.15) is 0 Å². The van der Waals surface area contributed by atoms with Crippen LogP contribution < -0.4 is 0 Å². The fraction of sp³-hybridized carbons (Fsp3) is 0.400. The lowest BCUT2D eigenvalue weighted by atomic mass is 10.1. The molecule has 1 aliphatic rings. The van der Waals surface area contributed by atoms with Gasteiger partial charge in [0.1, 0.15) is 6.61 Å². The Hall–Kier alpha value is -2.41. The molecule has 0 spiro atoms. The maximum absolute atomic E-state index is 12.5. The molecule has 2 heterocycles. The highest BCUT2D eigenvalue weighted by Crippen LogP contribution is 2.14. The van der Waals surface area contributed by atoms with Gasteiger partial charge in [-0.15, -0.1) is 0 Å². The van der Waals surface area contributed by atoms with E-state index >= 15 is 0 Å². The third-order valence-corrected chi connectivity index (χ3v) is 3.85. The molecule has 2 amide bonds. The summed E-state index contributed by atoms with van der Waals surface area (Å²) in [5, 5.41) is 0. The van der Waals surface area contributed by atoms with Crippen molar-refractivity contribution in [1.29, 1.82) is 0 Å². The summed E-state index contributed by atoms with van der Waals surface area (Å²) in [4.78, 5) is 34.9. The molecular formula is C15H18N4O3. The molecule has 1 fully saturated rings. The lowest BCUT2D eigenvalue weighted by Gasteiger charge is -2.34. The average Bonchev–Trinajstić information content (AvgIpc) is 3.02. The second-order valence-corrected chi connectivity index (χ2v) is 5.24. The molecule has 1 aromatic carbocycles. The number of nitrogens with zero attached hydrogens (tertiary/aromatic N) is 3. The number of methoxy groups -OCH3 is 1. The van der Waals surface area contributed by atoms with Crippen molar-refractivity contribution in [2.75, 3.05) is 39.9 Å². The van der Waals surface area contributed by atoms with Crippen LogP contribution in [0.2, 0.25) is 0 Å². The van der Waals surface area contributed by atoms with E-state index in [4.69, 9.17) is 4.74 Å². The van der Waals surface area contributed by atoms with Gasteiger partial charge in [0.2, 0.25) is 5.91 Å². The van der Waals surface area contributed by atoms with Gasteiger partial charge in [-0.05, 0) is 18.2 Å². The van der Waals surface area contributed by atoms with Crippen LogP contribution in [0, 0.1) is 0 Å². The molecule has 22 heavy (non-hydrogen) atoms. The van der Waals surface area contributed by atoms with E-state index in [9.17, 15) is 9.59 Å². The lowest BCUT2D eigenvalue weighted by molar-refractivity contribution is -0.136. The van der Waals surface area contributed by atoms with E-state index in [0.717, 1.165) is 11.0 Å². The molecule has 116 valence electrons. The Kier molecular flexibility index (Phi) is 4.06. The van der Waals surface area contributed by atoms with Crippen LogP contribution in [0.3, 0.4) is 0 Å². The Morgan fingerprint density at radius 3 is 2.68 bits per heavy atom. The summed E-state index contributed by atoms with van der Waals surface area (Å²) in [6.07, 6.45) is 1.61. The number of aromatic nitrogens is 2. The van der Waals surface area contributed by atoms with Gasteiger partial charge in [0.25, 0.3) is 5.91 Å². The largest absolute Gasteiger partial charge is 0.375 e. The van der Waals surface area contributed by atoms with E-state index in [2.05, 4.69) is 9.97 Å². The number of imidazole rings is 1. The van der Waals surface area contributed by atoms with Gasteiger partial charge in [0.15, 0.2) is 0 Å². The minimum atomic E-state index is -0.0338. The molecule has 3 rings (SSSR count). The quantitative estimate of drug-likeness (QED) is 0.895. The number of nitrogens with one attached hydrogen (secondary N) is 1. The number of aromatic amines is 1. The lowest BCUT2D eigenvalue weighted by Crippen LogP contribution is -2.51. The van der Waals surface area contributed by atoms with E-state index in [1.807, 2.05) is 12.1 Å². The predicted molar refractivity (Wildman–Crippen MR) is 80.5 cm³/mol. The Bertz CT molecular complexity index is 689. The number of ether oxygens (including phenoxy) is 1. The van der Waals surface area contributed by atoms with Gasteiger partial charge in [0.05, 0.1) is 17.4 Å². The van der Waals surface area contributed by atoms with Crippen LogP contribution in [0.1, 0.15) is 10.4 Å². The summed E-state index contributed by atoms with van der Waals surface area (Å²) >= 11 is 0. The Labute approximate surface area is 127 Å². The number of fused-ring (bicyclic) bond motifs is 1. The number of rotatable bonds is 3. The zero-order valence-corrected chi connectivity index (χ0v) is 12.4. The van der Waals surface area contributed by atoms with Crippen molar-refractivity contribution in [2.45, 2.75) is 0 Å². The van der Waals surface area contributed by atoms with Crippen molar-refractivity contribution in [1.82, 2.24) is 19.8 Å². The fourth-order valence-electron chi connectivity index (χ4n) is 2.62. The van der Waals surface area contributed by atoms with Crippen molar-refractivity contribution < 1.29 is 14.3 Å². The van der Waals surface area contributed by atoms with Crippen LogP contribution in [-0.4, -0.2) is 71.5 Å². The number of hydrogen-bond donors (Lipinski definition) is 1. The first-order chi connectivity index (χ1) is 10.7. The maximum Gasteiger partial charge on any atom is 0.254 e. The summed E-state index contributed by atoms with van der Waals surface area (Å²) in [5.41, 5.74) is 2.32. The molecule has 0 saturated carbocycles. The Morgan fingerprint density at radius 2 is 1.95 bits per heavy atom. The van der Waals surface area contributed by atoms with Gasteiger partial charge in [0, 0.05) is 38.9 Å². The topological polar surface area (TPSA) is 78.5 Å². The second kappa shape index (κ2) is 6.15. The molecule has 1 saturated heterocycles. The number of benzene rings is 1. The Morgan fingerprint density at radius 1 is 1.23 bits per heavy atom. The molecule has 1 aliphatic heterocycles. The predicted octanol–water partition coefficient (Wildman–Crippen LogP) is 0.494. The molecular weight excluding hydrogens is 284 g/mol. The third kappa shape index (κ3) is 2.80. The summed E-state index contributed by atoms with van der Waals surface area (Å²) in [6, 6.07) is 5.43. The van der Waals surface area contributed by atoms with E-state index in [-0.39, 0.29) is 18.4 Å². The van der Waals surface area contributed by atoms with Gasteiger partial charge >= 0.3 is 0 Å². The molecule has 0 atom stereocenters. The van der Waals surface area contributed by atoms with Gasteiger partial charge in [-0.25, -0.2) is 4.98 Å². The molecule has 0 unspecified atom stereocenters. The van der Waals surface area contributed by atoms with Crippen molar-refractivity contribution >= 4 is 22.8 Å². The average molecular weight is 302 g/mol. The minimum absolute atomic E-state index is 0.0182. The Balaban J connectivity index is 1.65. The van der Waals surface area contributed by atoms with E-state index in [0.29, 0.717) is 31.7 Å². The number of carbonyl (C=O) groups is 2. The van der Waals surface area contributed by atoms with E-state index < -0.39 is 0 Å². The molecule has 2 aromatic rings. The smallest absolute Gasteiger partial charge is 0.254 e. The maximum atomic E-state index is 12.5. The van der Waals surface area contributed by atoms with Crippen LogP contribution in [0.25, 0.3) is 11.0 Å². The van der Waals surface area contributed by atoms with Crippen LogP contribution >= 0.6 is 0 Å². The highest BCUT2D eigenvalue weighted by Gasteiger charge is 2.24. The number of carbonyl (C=O) groups excluding carboxylic acids is 2. The first-order valence-corrected chi connectivity index (χ1v) is 7.18. The number of amides is 2. The second-order valence-electron chi connectivity index (χ2n) is 5.24. The van der Waals surface area contributed by atoms with Crippen LogP contribution in [0.5, 0.6) is 0 Å². The van der Waals surface area contributed by atoms with Crippen LogP contribution in [0.15, 0.2) is 24.5 Å². The monoisotopic (exact) mass is 302 g/mol. The first kappa shape index (κ1) is 14.5. The minimum Gasteiger partial charge on any atom is -0.375 e. The molecule has 0 bridgehead atoms. The van der Waals surface area contributed by atoms with Crippen molar-refractivity contribution in [3.05, 3.63) is 30.1 Å². The van der Waals surface area contributed by atoms with Crippen molar-refractivity contribution in [3.63, 3.8) is 0 Å². The van der Waals surface area contributed by atoms with Crippen LogP contribution in [-0.2, 0) is 9.53 Å². The molecule has 0 radical (unpaired) electrons. The first-order valence-electron chi connectivity index (χ1n) is 7.18. The number of H-pyrrole nitrogens is 1. The standard InChI is InChI=1S/C15H18N4O3/c1-22-9-14(20)18-4-6-19(7-5-18)15(21)11-2-3-12-13(8-11)17-10-16-12/h2-3,8,10H,4-7,9H2,1H3,(H,16,17). The molecule has 1 N–H and O–H groups in total. The zero-order valence-electron chi connectivity index (χ0n) is 12.4. The van der Waals surface area contributed by atoms with Gasteiger partial charge < -0.3 is 19.5 Å². The van der Waals surface area contributed by atoms with Gasteiger partial charge in [-0.1, -0.05) is 0 Å². The molecule has 7 heteroatoms. The molecule has 7 nitrogen and oxygen atoms in total. The highest BCUT2D eigenvalue weighted by atomic mass is 16.5. The highest BCUT2D eigenvalue weighted by molar-refractivity contribution is 5.97. The normalized spacial score (nSPS) is 15.3. The summed E-state index contributed by atoms with van der Waals surface area (Å²) in [6.45, 7) is 2.25. The molecule has 1 aromatic heterocycles. The van der Waals surface area contributed by atoms with Crippen molar-refractivity contribution in [2.24, 2.45) is 0 Å². The zero-order chi connectivity index (χ0) is 15.5. The van der Waals surface area contributed by atoms with Crippen molar-refractivity contribution in [3.8, 4) is 0 Å². The SMILES string of the molecule is COCC(=O)N1CCN(C(=O)c2ccc3nc[nH]c3c2)CC1. The fourth-order valence-corrected chi connectivity index (χ4v) is 2.62. The number of piperazine rings is 1.